The van der Waals surface area contributed by atoms with Crippen LogP contribution in [0.3, 0.4) is 0 Å². The molecule has 1 saturated heterocycles. The van der Waals surface area contributed by atoms with Crippen LogP contribution < -0.4 is 17.2 Å². The zero-order chi connectivity index (χ0) is 15.1. The molecule has 1 rings (SSSR count). The van der Waals surface area contributed by atoms with E-state index in [1.54, 1.807) is 0 Å². The Bertz CT molecular complexity index is 363. The molecule has 20 heavy (non-hydrogen) atoms. The van der Waals surface area contributed by atoms with Crippen LogP contribution in [-0.2, 0) is 51.5 Å². The molecule has 9 nitrogen and oxygen atoms in total. The van der Waals surface area contributed by atoms with E-state index in [9.17, 15) is 0 Å². The minimum absolute atomic E-state index is 0. The third-order valence-electron chi connectivity index (χ3n) is 1.95. The molecule has 0 aromatic carbocycles. The normalized spacial score (nSPS) is 13.7. The van der Waals surface area contributed by atoms with Gasteiger partial charge in [-0.25, -0.2) is 0 Å². The van der Waals surface area contributed by atoms with E-state index in [-0.39, 0.29) is 24.3 Å². The number of nitrogens with zero attached hydrogens (tertiary/aromatic N) is 2. The summed E-state index contributed by atoms with van der Waals surface area (Å²) in [6, 6.07) is 2.40. The van der Waals surface area contributed by atoms with Crippen molar-refractivity contribution in [2.24, 2.45) is 26.9 Å². The summed E-state index contributed by atoms with van der Waals surface area (Å²) in [5, 5.41) is 0. The minimum atomic E-state index is -2.00. The van der Waals surface area contributed by atoms with E-state index in [1.807, 2.05) is 0 Å². The summed E-state index contributed by atoms with van der Waals surface area (Å²) >= 11 is -4.00. The van der Waals surface area contributed by atoms with Crippen molar-refractivity contribution in [1.82, 2.24) is 0 Å². The maximum absolute atomic E-state index is 8.50. The Morgan fingerprint density at radius 3 is 1.65 bits per heavy atom. The average Bonchev–Trinajstić information content (AvgIpc) is 2.31. The van der Waals surface area contributed by atoms with Gasteiger partial charge in [0, 0.05) is 0 Å². The molecule has 1 aliphatic rings. The van der Waals surface area contributed by atoms with Gasteiger partial charge in [-0.1, -0.05) is 19.3 Å². The van der Waals surface area contributed by atoms with Gasteiger partial charge in [0.25, 0.3) is 0 Å². The van der Waals surface area contributed by atoms with E-state index in [0.29, 0.717) is 0 Å². The molecule has 0 aliphatic carbocycles. The van der Waals surface area contributed by atoms with E-state index in [4.69, 9.17) is 30.5 Å². The predicted octanol–water partition coefficient (Wildman–Crippen LogP) is -0.308. The first kappa shape index (κ1) is 24.9. The summed E-state index contributed by atoms with van der Waals surface area (Å²) in [6.45, 7) is 0. The van der Waals surface area contributed by atoms with Crippen molar-refractivity contribution in [3.63, 3.8) is 0 Å². The van der Waals surface area contributed by atoms with Gasteiger partial charge < -0.3 is 17.2 Å². The Labute approximate surface area is 142 Å². The molecular formula is C7H17ClN5O4SiTi2. The summed E-state index contributed by atoms with van der Waals surface area (Å²) in [7, 11) is -0.648. The SMILES string of the molecule is Cl.NC(N)=NC(N)=N[Si]1CCCCC1.[O]=[Ti]=[O].[O]=[Ti]=[O]. The van der Waals surface area contributed by atoms with Gasteiger partial charge >= 0.3 is 51.5 Å². The van der Waals surface area contributed by atoms with Gasteiger partial charge in [-0.05, 0) is 12.1 Å². The molecule has 0 spiro atoms. The number of hydrogen-bond acceptors (Lipinski definition) is 5. The van der Waals surface area contributed by atoms with Gasteiger partial charge in [0.15, 0.2) is 5.96 Å². The third-order valence-corrected chi connectivity index (χ3v) is 4.35. The number of hydrogen-bond donors (Lipinski definition) is 3. The fourth-order valence-corrected chi connectivity index (χ4v) is 3.55. The first-order chi connectivity index (χ1) is 9.01. The maximum atomic E-state index is 8.50. The van der Waals surface area contributed by atoms with Crippen molar-refractivity contribution < 1.29 is 51.5 Å². The summed E-state index contributed by atoms with van der Waals surface area (Å²) in [6.07, 6.45) is 3.87. The van der Waals surface area contributed by atoms with Gasteiger partial charge in [0.1, 0.15) is 0 Å². The van der Waals surface area contributed by atoms with Gasteiger partial charge in [-0.3, -0.25) is 4.66 Å². The van der Waals surface area contributed by atoms with Crippen molar-refractivity contribution in [2.75, 3.05) is 0 Å². The topological polar surface area (TPSA) is 171 Å². The van der Waals surface area contributed by atoms with Crippen LogP contribution in [-0.4, -0.2) is 20.9 Å². The molecule has 6 N–H and O–H groups in total. The summed E-state index contributed by atoms with van der Waals surface area (Å²) in [5.41, 5.74) is 15.9. The Kier molecular flexibility index (Phi) is 23.5. The molecular weight excluding hydrogens is 377 g/mol. The summed E-state index contributed by atoms with van der Waals surface area (Å²) in [4.78, 5) is 3.70. The number of guanidine groups is 2. The van der Waals surface area contributed by atoms with Crippen molar-refractivity contribution in [3.8, 4) is 0 Å². The van der Waals surface area contributed by atoms with Gasteiger partial charge in [-0.15, -0.1) is 12.4 Å². The standard InChI is InChI=1S/C7H16N5Si.ClH.4O.2Ti/c8-6(9)11-7(10)12-13-4-2-1-3-5-13;;;;;;;/h1-5H2,(H6,8,9,10,11,12);1H;;;;;;. The molecule has 0 aromatic heterocycles. The molecule has 0 atom stereocenters. The molecule has 0 aromatic rings. The third kappa shape index (κ3) is 20.2. The van der Waals surface area contributed by atoms with E-state index >= 15 is 0 Å². The van der Waals surface area contributed by atoms with Crippen LogP contribution >= 0.6 is 12.4 Å². The second-order valence-electron chi connectivity index (χ2n) is 3.30. The van der Waals surface area contributed by atoms with Crippen LogP contribution in [0.15, 0.2) is 9.65 Å². The second kappa shape index (κ2) is 18.9. The van der Waals surface area contributed by atoms with Crippen LogP contribution in [0, 0.1) is 0 Å². The van der Waals surface area contributed by atoms with Crippen LogP contribution in [0.2, 0.25) is 12.1 Å². The molecule has 1 radical (unpaired) electrons. The summed E-state index contributed by atoms with van der Waals surface area (Å²) < 4.78 is 38.3. The zero-order valence-corrected chi connectivity index (χ0v) is 15.6. The van der Waals surface area contributed by atoms with E-state index in [1.165, 1.54) is 31.4 Å². The van der Waals surface area contributed by atoms with Crippen LogP contribution in [0.5, 0.6) is 0 Å². The van der Waals surface area contributed by atoms with Crippen LogP contribution in [0.1, 0.15) is 19.3 Å². The van der Waals surface area contributed by atoms with Crippen LogP contribution in [0.25, 0.3) is 0 Å². The fourth-order valence-electron chi connectivity index (χ4n) is 1.39. The second-order valence-corrected chi connectivity index (χ2v) is 6.18. The first-order valence-corrected chi connectivity index (χ1v) is 9.70. The van der Waals surface area contributed by atoms with Crippen molar-refractivity contribution in [2.45, 2.75) is 31.4 Å². The Hall–Kier alpha value is -0.125. The fraction of sp³-hybridized carbons (Fsp3) is 0.714. The van der Waals surface area contributed by atoms with Crippen LogP contribution in [0.4, 0.5) is 0 Å². The number of halogens is 1. The number of rotatable bonds is 1. The monoisotopic (exact) mass is 394 g/mol. The molecule has 13 heteroatoms. The first-order valence-electron chi connectivity index (χ1n) is 5.28. The van der Waals surface area contributed by atoms with Crippen molar-refractivity contribution in [3.05, 3.63) is 0 Å². The number of aliphatic imine (C=N–C) groups is 1. The van der Waals surface area contributed by atoms with E-state index in [0.717, 1.165) is 0 Å². The molecule has 1 aliphatic heterocycles. The number of nitrogens with two attached hydrogens (primary N) is 3. The molecule has 0 unspecified atom stereocenters. The van der Waals surface area contributed by atoms with Gasteiger partial charge in [-0.2, -0.15) is 4.99 Å². The van der Waals surface area contributed by atoms with Crippen molar-refractivity contribution >= 4 is 33.3 Å². The van der Waals surface area contributed by atoms with Crippen molar-refractivity contribution in [1.29, 1.82) is 0 Å². The molecule has 0 bridgehead atoms. The molecule has 113 valence electrons. The predicted molar refractivity (Wildman–Crippen MR) is 66.6 cm³/mol. The Balaban J connectivity index is -0.000000356. The van der Waals surface area contributed by atoms with Gasteiger partial charge in [0.05, 0.1) is 0 Å². The quantitative estimate of drug-likeness (QED) is 0.311. The van der Waals surface area contributed by atoms with Gasteiger partial charge in [0.2, 0.25) is 14.9 Å². The van der Waals surface area contributed by atoms with E-state index in [2.05, 4.69) is 9.65 Å². The average molecular weight is 395 g/mol. The Morgan fingerprint density at radius 1 is 0.900 bits per heavy atom. The molecule has 0 amide bonds. The molecule has 1 heterocycles. The molecule has 0 saturated carbocycles. The molecule has 1 fully saturated rings. The Morgan fingerprint density at radius 2 is 1.30 bits per heavy atom. The van der Waals surface area contributed by atoms with E-state index < -0.39 is 47.1 Å². The summed E-state index contributed by atoms with van der Waals surface area (Å²) in [5.74, 6) is 0.232. The zero-order valence-electron chi connectivity index (χ0n) is 10.7.